The first-order chi connectivity index (χ1) is 27.3. The Labute approximate surface area is 318 Å². The molecule has 0 saturated heterocycles. The summed E-state index contributed by atoms with van der Waals surface area (Å²) in [6.45, 7) is 0. The highest BCUT2D eigenvalue weighted by Crippen LogP contribution is 2.59. The van der Waals surface area contributed by atoms with Crippen LogP contribution in [-0.4, -0.2) is 14.5 Å². The van der Waals surface area contributed by atoms with Gasteiger partial charge in [-0.05, 0) is 74.5 Å². The van der Waals surface area contributed by atoms with Gasteiger partial charge in [-0.25, -0.2) is 9.97 Å². The maximum absolute atomic E-state index is 5.19. The average Bonchev–Trinajstić information content (AvgIpc) is 3.73. The zero-order chi connectivity index (χ0) is 36.0. The molecule has 0 fully saturated rings. The Morgan fingerprint density at radius 2 is 1.09 bits per heavy atom. The van der Waals surface area contributed by atoms with E-state index in [2.05, 4.69) is 168 Å². The van der Waals surface area contributed by atoms with Crippen molar-refractivity contribution < 1.29 is 0 Å². The van der Waals surface area contributed by atoms with Crippen molar-refractivity contribution in [3.63, 3.8) is 0 Å². The van der Waals surface area contributed by atoms with Crippen molar-refractivity contribution in [1.82, 2.24) is 14.5 Å². The molecule has 55 heavy (non-hydrogen) atoms. The predicted octanol–water partition coefficient (Wildman–Crippen LogP) is 12.8. The van der Waals surface area contributed by atoms with E-state index in [1.165, 1.54) is 66.0 Å². The number of benzene rings is 7. The molecule has 3 heteroatoms. The van der Waals surface area contributed by atoms with Gasteiger partial charge in [0.05, 0.1) is 22.4 Å². The van der Waals surface area contributed by atoms with Crippen LogP contribution >= 0.6 is 0 Å². The molecule has 2 unspecified atom stereocenters. The number of aromatic nitrogens is 3. The van der Waals surface area contributed by atoms with E-state index in [0.29, 0.717) is 11.7 Å². The van der Waals surface area contributed by atoms with Crippen LogP contribution < -0.4 is 0 Å². The minimum Gasteiger partial charge on any atom is -0.309 e. The lowest BCUT2D eigenvalue weighted by molar-refractivity contribution is 0.753. The van der Waals surface area contributed by atoms with E-state index in [1.54, 1.807) is 0 Å². The van der Waals surface area contributed by atoms with Crippen molar-refractivity contribution in [2.75, 3.05) is 0 Å². The quantitative estimate of drug-likeness (QED) is 0.179. The Kier molecular flexibility index (Phi) is 6.46. The number of hydrogen-bond acceptors (Lipinski definition) is 2. The molecule has 2 atom stereocenters. The third-order valence-corrected chi connectivity index (χ3v) is 11.9. The minimum atomic E-state index is 0.266. The van der Waals surface area contributed by atoms with Crippen molar-refractivity contribution in [2.45, 2.75) is 5.92 Å². The van der Waals surface area contributed by atoms with Gasteiger partial charge in [-0.2, -0.15) is 0 Å². The van der Waals surface area contributed by atoms with Gasteiger partial charge in [0.1, 0.15) is 0 Å². The molecule has 3 aliphatic rings. The van der Waals surface area contributed by atoms with Gasteiger partial charge < -0.3 is 4.57 Å². The van der Waals surface area contributed by atoms with E-state index in [9.17, 15) is 0 Å². The second-order valence-electron chi connectivity index (χ2n) is 14.8. The molecule has 9 aromatic rings. The third kappa shape index (κ3) is 4.44. The van der Waals surface area contributed by atoms with Crippen LogP contribution in [0.1, 0.15) is 28.2 Å². The summed E-state index contributed by atoms with van der Waals surface area (Å²) in [6.07, 6.45) is 9.31. The summed E-state index contributed by atoms with van der Waals surface area (Å²) in [5, 5.41) is 5.28. The SMILES string of the molecule is C1=CC2C3=C(c4ccccc4)c4cccc5ccc6c(c45)c4c3c(ccc4n6-c3cccc(-c4cc(-c5ccccc5)nc(-c5ccccc5)n4)c3)C2C=C1. The normalized spacial score (nSPS) is 16.5. The highest BCUT2D eigenvalue weighted by Gasteiger charge is 2.41. The fourth-order valence-corrected chi connectivity index (χ4v) is 9.61. The number of fused-ring (bicyclic) bond motifs is 3. The molecule has 2 heterocycles. The third-order valence-electron chi connectivity index (χ3n) is 11.9. The van der Waals surface area contributed by atoms with Crippen LogP contribution in [0.3, 0.4) is 0 Å². The second-order valence-corrected chi connectivity index (χ2v) is 14.8. The van der Waals surface area contributed by atoms with Gasteiger partial charge in [-0.1, -0.05) is 158 Å². The van der Waals surface area contributed by atoms with Gasteiger partial charge in [0.15, 0.2) is 5.82 Å². The van der Waals surface area contributed by atoms with E-state index >= 15 is 0 Å². The summed E-state index contributed by atoms with van der Waals surface area (Å²) in [4.78, 5) is 10.2. The molecule has 0 spiro atoms. The van der Waals surface area contributed by atoms with Crippen LogP contribution in [0.4, 0.5) is 0 Å². The van der Waals surface area contributed by atoms with E-state index in [4.69, 9.17) is 9.97 Å². The molecule has 0 amide bonds. The number of nitrogens with zero attached hydrogens (tertiary/aromatic N) is 3. The Morgan fingerprint density at radius 3 is 1.87 bits per heavy atom. The Hall–Kier alpha value is -7.10. The fraction of sp³-hybridized carbons (Fsp3) is 0.0385. The highest BCUT2D eigenvalue weighted by molar-refractivity contribution is 6.31. The molecule has 7 aromatic carbocycles. The zero-order valence-electron chi connectivity index (χ0n) is 29.9. The van der Waals surface area contributed by atoms with Gasteiger partial charge >= 0.3 is 0 Å². The Morgan fingerprint density at radius 1 is 0.455 bits per heavy atom. The standard InChI is InChI=1S/C52H33N3/c1-4-14-32(15-5-1)42-31-43(54-52(53-42)35-18-8-3-9-19-35)36-21-12-22-37(30-36)55-44-28-26-34-20-13-25-41-46(33-16-6-2-7-17-33)48-39-24-11-10-23-38(39)40-27-29-45(55)51(49(40)48)50(44)47(34)41/h1-31,38-39H. The highest BCUT2D eigenvalue weighted by atomic mass is 15.0. The van der Waals surface area contributed by atoms with Crippen LogP contribution in [0, 0.1) is 5.92 Å². The van der Waals surface area contributed by atoms with E-state index in [1.807, 2.05) is 24.3 Å². The van der Waals surface area contributed by atoms with Gasteiger partial charge in [0.25, 0.3) is 0 Å². The summed E-state index contributed by atoms with van der Waals surface area (Å²) in [5.41, 5.74) is 16.7. The summed E-state index contributed by atoms with van der Waals surface area (Å²) in [7, 11) is 0. The lowest BCUT2D eigenvalue weighted by Crippen LogP contribution is -2.06. The van der Waals surface area contributed by atoms with Crippen molar-refractivity contribution >= 4 is 43.7 Å². The molecule has 0 bridgehead atoms. The number of allylic oxidation sites excluding steroid dienone is 5. The molecule has 0 radical (unpaired) electrons. The minimum absolute atomic E-state index is 0.266. The van der Waals surface area contributed by atoms with Crippen LogP contribution in [-0.2, 0) is 0 Å². The second kappa shape index (κ2) is 11.7. The Bertz CT molecular complexity index is 3070. The zero-order valence-corrected chi connectivity index (χ0v) is 29.9. The smallest absolute Gasteiger partial charge is 0.160 e. The molecular weight excluding hydrogens is 667 g/mol. The number of rotatable bonds is 5. The van der Waals surface area contributed by atoms with E-state index in [0.717, 1.165) is 33.8 Å². The molecular formula is C52H33N3. The van der Waals surface area contributed by atoms with Gasteiger partial charge in [0.2, 0.25) is 0 Å². The topological polar surface area (TPSA) is 30.7 Å². The van der Waals surface area contributed by atoms with Crippen LogP contribution in [0.25, 0.3) is 83.3 Å². The molecule has 3 nitrogen and oxygen atoms in total. The van der Waals surface area contributed by atoms with Crippen LogP contribution in [0.5, 0.6) is 0 Å². The fourth-order valence-electron chi connectivity index (χ4n) is 9.61. The Balaban J connectivity index is 1.14. The largest absolute Gasteiger partial charge is 0.309 e. The maximum atomic E-state index is 5.19. The van der Waals surface area contributed by atoms with Crippen molar-refractivity contribution in [1.29, 1.82) is 0 Å². The average molecular weight is 700 g/mol. The molecule has 256 valence electrons. The molecule has 2 aromatic heterocycles. The first-order valence-electron chi connectivity index (χ1n) is 19.1. The first kappa shape index (κ1) is 30.4. The monoisotopic (exact) mass is 699 g/mol. The predicted molar refractivity (Wildman–Crippen MR) is 227 cm³/mol. The van der Waals surface area contributed by atoms with Gasteiger partial charge in [0, 0.05) is 45.0 Å². The molecule has 0 aliphatic heterocycles. The lowest BCUT2D eigenvalue weighted by Gasteiger charge is -2.22. The first-order valence-corrected chi connectivity index (χ1v) is 19.1. The molecule has 12 rings (SSSR count). The molecule has 0 N–H and O–H groups in total. The van der Waals surface area contributed by atoms with Crippen molar-refractivity contribution in [3.05, 3.63) is 210 Å². The van der Waals surface area contributed by atoms with Gasteiger partial charge in [-0.15, -0.1) is 0 Å². The molecule has 0 saturated carbocycles. The maximum Gasteiger partial charge on any atom is 0.160 e. The summed E-state index contributed by atoms with van der Waals surface area (Å²) in [5.74, 6) is 1.29. The van der Waals surface area contributed by atoms with Crippen molar-refractivity contribution in [2.24, 2.45) is 5.92 Å². The van der Waals surface area contributed by atoms with Crippen LogP contribution in [0.2, 0.25) is 0 Å². The van der Waals surface area contributed by atoms with Gasteiger partial charge in [-0.3, -0.25) is 0 Å². The van der Waals surface area contributed by atoms with Crippen molar-refractivity contribution in [3.8, 4) is 39.6 Å². The van der Waals surface area contributed by atoms with Crippen LogP contribution in [0.15, 0.2) is 188 Å². The molecule has 3 aliphatic carbocycles. The lowest BCUT2D eigenvalue weighted by atomic mass is 9.81. The van der Waals surface area contributed by atoms with E-state index in [-0.39, 0.29) is 5.92 Å². The summed E-state index contributed by atoms with van der Waals surface area (Å²) in [6, 6.07) is 59.1. The number of hydrogen-bond donors (Lipinski definition) is 0. The summed E-state index contributed by atoms with van der Waals surface area (Å²) >= 11 is 0. The van der Waals surface area contributed by atoms with E-state index < -0.39 is 0 Å². The summed E-state index contributed by atoms with van der Waals surface area (Å²) < 4.78 is 2.49.